The van der Waals surface area contributed by atoms with Crippen LogP contribution in [0.5, 0.6) is 0 Å². The van der Waals surface area contributed by atoms with Crippen molar-refractivity contribution >= 4 is 31.1 Å². The van der Waals surface area contributed by atoms with Gasteiger partial charge < -0.3 is 34.7 Å². The summed E-state index contributed by atoms with van der Waals surface area (Å²) in [6.07, 6.45) is 3.83. The molecule has 1 aromatic carbocycles. The van der Waals surface area contributed by atoms with Gasteiger partial charge in [0, 0.05) is 26.1 Å². The average Bonchev–Trinajstić information content (AvgIpc) is 3.61. The van der Waals surface area contributed by atoms with Gasteiger partial charge in [-0.3, -0.25) is 14.5 Å². The Kier molecular flexibility index (Phi) is 10.0. The van der Waals surface area contributed by atoms with Crippen LogP contribution in [0.3, 0.4) is 0 Å². The lowest BCUT2D eigenvalue weighted by molar-refractivity contribution is -0.141. The molecule has 12 nitrogen and oxygen atoms in total. The van der Waals surface area contributed by atoms with Crippen molar-refractivity contribution in [2.45, 2.75) is 115 Å². The summed E-state index contributed by atoms with van der Waals surface area (Å²) in [5, 5.41) is 16.0. The second-order valence-corrected chi connectivity index (χ2v) is 13.4. The van der Waals surface area contributed by atoms with Gasteiger partial charge in [0.05, 0.1) is 12.5 Å². The number of amides is 4. The lowest BCUT2D eigenvalue weighted by atomic mass is 9.74. The summed E-state index contributed by atoms with van der Waals surface area (Å²) < 4.78 is 16.7. The number of ether oxygens (including phenoxy) is 2. The summed E-state index contributed by atoms with van der Waals surface area (Å²) in [6.45, 7) is 6.53. The second kappa shape index (κ2) is 13.8. The fourth-order valence-electron chi connectivity index (χ4n) is 6.70. The van der Waals surface area contributed by atoms with Gasteiger partial charge in [-0.15, -0.1) is 0 Å². The van der Waals surface area contributed by atoms with Gasteiger partial charge in [0.25, 0.3) is 0 Å². The van der Waals surface area contributed by atoms with E-state index in [9.17, 15) is 24.2 Å². The van der Waals surface area contributed by atoms with Crippen LogP contribution < -0.4 is 10.6 Å². The van der Waals surface area contributed by atoms with Crippen LogP contribution in [0.2, 0.25) is 0 Å². The van der Waals surface area contributed by atoms with E-state index in [0.29, 0.717) is 32.5 Å². The maximum Gasteiger partial charge on any atom is 0.478 e. The lowest BCUT2D eigenvalue weighted by Gasteiger charge is -2.35. The van der Waals surface area contributed by atoms with Gasteiger partial charge in [-0.2, -0.15) is 0 Å². The quantitative estimate of drug-likeness (QED) is 0.416. The molecule has 0 aromatic heterocycles. The van der Waals surface area contributed by atoms with E-state index >= 15 is 0 Å². The Labute approximate surface area is 259 Å². The molecule has 2 saturated heterocycles. The molecule has 1 unspecified atom stereocenters. The van der Waals surface area contributed by atoms with E-state index in [1.165, 1.54) is 4.90 Å². The molecule has 44 heavy (non-hydrogen) atoms. The number of nitrogens with zero attached hydrogens (tertiary/aromatic N) is 2. The molecule has 240 valence electrons. The Morgan fingerprint density at radius 1 is 1.02 bits per heavy atom. The molecule has 3 aliphatic heterocycles. The van der Waals surface area contributed by atoms with Crippen molar-refractivity contribution in [3.8, 4) is 0 Å². The fraction of sp³-hybridized carbons (Fsp3) is 0.677. The SMILES string of the molecule is CC(C)(C)OC(=O)N[C@H](C(=O)N1C[C@H](OC(=O)N2Cc3ccccc3C2)C[C@H]1C(=O)NC1CCCOB1O)C1CCCCC1. The molecule has 0 bridgehead atoms. The highest BCUT2D eigenvalue weighted by molar-refractivity contribution is 6.45. The Morgan fingerprint density at radius 3 is 2.34 bits per heavy atom. The first-order valence-corrected chi connectivity index (χ1v) is 15.9. The number of hydrogen-bond acceptors (Lipinski definition) is 8. The molecule has 0 radical (unpaired) electrons. The highest BCUT2D eigenvalue weighted by Gasteiger charge is 2.47. The van der Waals surface area contributed by atoms with Crippen molar-refractivity contribution in [1.82, 2.24) is 20.4 Å². The lowest BCUT2D eigenvalue weighted by Crippen LogP contribution is -2.59. The Bertz CT molecular complexity index is 1190. The minimum Gasteiger partial charge on any atom is -0.444 e. The molecule has 0 spiro atoms. The molecule has 13 heteroatoms. The molecular weight excluding hydrogens is 567 g/mol. The average molecular weight is 613 g/mol. The normalized spacial score (nSPS) is 24.8. The predicted molar refractivity (Wildman–Crippen MR) is 161 cm³/mol. The van der Waals surface area contributed by atoms with Crippen LogP contribution in [0.4, 0.5) is 9.59 Å². The van der Waals surface area contributed by atoms with E-state index in [1.54, 1.807) is 25.7 Å². The Hall–Kier alpha value is -3.32. The monoisotopic (exact) mass is 612 g/mol. The zero-order valence-electron chi connectivity index (χ0n) is 26.0. The van der Waals surface area contributed by atoms with Crippen LogP contribution in [0.15, 0.2) is 24.3 Å². The summed E-state index contributed by atoms with van der Waals surface area (Å²) in [4.78, 5) is 57.1. The van der Waals surface area contributed by atoms with Gasteiger partial charge in [0.1, 0.15) is 23.8 Å². The third-order valence-electron chi connectivity index (χ3n) is 8.89. The van der Waals surface area contributed by atoms with Crippen molar-refractivity contribution in [2.24, 2.45) is 5.92 Å². The topological polar surface area (TPSA) is 147 Å². The van der Waals surface area contributed by atoms with Crippen molar-refractivity contribution in [2.75, 3.05) is 13.2 Å². The number of rotatable bonds is 6. The molecule has 3 heterocycles. The van der Waals surface area contributed by atoms with Crippen LogP contribution in [-0.4, -0.2) is 88.8 Å². The highest BCUT2D eigenvalue weighted by Crippen LogP contribution is 2.31. The minimum atomic E-state index is -1.15. The van der Waals surface area contributed by atoms with E-state index in [2.05, 4.69) is 10.6 Å². The van der Waals surface area contributed by atoms with Crippen LogP contribution in [-0.2, 0) is 36.8 Å². The van der Waals surface area contributed by atoms with Crippen LogP contribution in [0, 0.1) is 5.92 Å². The summed E-state index contributed by atoms with van der Waals surface area (Å²) in [7, 11) is -1.15. The van der Waals surface area contributed by atoms with Gasteiger partial charge in [-0.1, -0.05) is 43.5 Å². The van der Waals surface area contributed by atoms with E-state index < -0.39 is 60.8 Å². The molecule has 1 aromatic rings. The van der Waals surface area contributed by atoms with Gasteiger partial charge >= 0.3 is 19.3 Å². The van der Waals surface area contributed by atoms with Gasteiger partial charge in [-0.25, -0.2) is 9.59 Å². The molecule has 3 N–H and O–H groups in total. The fourth-order valence-corrected chi connectivity index (χ4v) is 6.70. The number of fused-ring (bicyclic) bond motifs is 1. The molecule has 5 rings (SSSR count). The summed E-state index contributed by atoms with van der Waals surface area (Å²) in [5.74, 6) is -1.60. The Morgan fingerprint density at radius 2 is 1.70 bits per heavy atom. The molecular formula is C31H45BN4O8. The predicted octanol–water partition coefficient (Wildman–Crippen LogP) is 2.90. The van der Waals surface area contributed by atoms with E-state index in [0.717, 1.165) is 43.2 Å². The summed E-state index contributed by atoms with van der Waals surface area (Å²) >= 11 is 0. The third-order valence-corrected chi connectivity index (χ3v) is 8.89. The molecule has 4 atom stereocenters. The van der Waals surface area contributed by atoms with E-state index in [1.807, 2.05) is 24.3 Å². The largest absolute Gasteiger partial charge is 0.478 e. The molecule has 1 aliphatic carbocycles. The van der Waals surface area contributed by atoms with Gasteiger partial charge in [0.2, 0.25) is 11.8 Å². The number of nitrogens with one attached hydrogen (secondary N) is 2. The summed E-state index contributed by atoms with van der Waals surface area (Å²) in [5.41, 5.74) is 1.36. The van der Waals surface area contributed by atoms with Crippen LogP contribution in [0.1, 0.15) is 83.3 Å². The number of carbonyl (C=O) groups is 4. The van der Waals surface area contributed by atoms with Gasteiger partial charge in [0.15, 0.2) is 0 Å². The first-order valence-electron chi connectivity index (χ1n) is 15.9. The van der Waals surface area contributed by atoms with Crippen molar-refractivity contribution in [3.63, 3.8) is 0 Å². The number of alkyl carbamates (subject to hydrolysis) is 1. The second-order valence-electron chi connectivity index (χ2n) is 13.4. The van der Waals surface area contributed by atoms with Gasteiger partial charge in [-0.05, 0) is 63.5 Å². The van der Waals surface area contributed by atoms with Crippen molar-refractivity contribution < 1.29 is 38.3 Å². The molecule has 4 amide bonds. The highest BCUT2D eigenvalue weighted by atomic mass is 16.6. The molecule has 4 aliphatic rings. The number of benzene rings is 1. The third kappa shape index (κ3) is 7.84. The standard InChI is InChI=1S/C31H45BN4O8/c1-31(2,3)44-29(39)34-26(20-10-5-4-6-11-20)28(38)36-19-23(16-24(36)27(37)33-25-14-9-15-42-32(25)41)43-30(40)35-17-21-12-7-8-13-22(21)18-35/h7-8,12-13,20,23-26,41H,4-6,9-11,14-19H2,1-3H3,(H,33,37)(H,34,39)/t23-,24+,25?,26+/m1/s1. The van der Waals surface area contributed by atoms with Crippen molar-refractivity contribution in [3.05, 3.63) is 35.4 Å². The maximum absolute atomic E-state index is 14.3. The summed E-state index contributed by atoms with van der Waals surface area (Å²) in [6, 6.07) is 5.96. The number of carbonyl (C=O) groups excluding carboxylic acids is 4. The van der Waals surface area contributed by atoms with Crippen LogP contribution in [0.25, 0.3) is 0 Å². The number of likely N-dealkylation sites (tertiary alicyclic amines) is 1. The zero-order valence-corrected chi connectivity index (χ0v) is 26.0. The number of hydrogen-bond donors (Lipinski definition) is 3. The van der Waals surface area contributed by atoms with Crippen LogP contribution >= 0.6 is 0 Å². The zero-order chi connectivity index (χ0) is 31.4. The maximum atomic E-state index is 14.3. The molecule has 1 saturated carbocycles. The van der Waals surface area contributed by atoms with E-state index in [-0.39, 0.29) is 18.9 Å². The first kappa shape index (κ1) is 32.1. The Balaban J connectivity index is 1.33. The molecule has 3 fully saturated rings. The first-order chi connectivity index (χ1) is 21.0. The van der Waals surface area contributed by atoms with Crippen molar-refractivity contribution in [1.29, 1.82) is 0 Å². The smallest absolute Gasteiger partial charge is 0.444 e. The minimum absolute atomic E-state index is 0.00634. The van der Waals surface area contributed by atoms with E-state index in [4.69, 9.17) is 14.1 Å².